The van der Waals surface area contributed by atoms with Gasteiger partial charge in [-0.05, 0) is 6.92 Å². The average molecular weight is 223 g/mol. The van der Waals surface area contributed by atoms with Crippen molar-refractivity contribution in [3.8, 4) is 0 Å². The van der Waals surface area contributed by atoms with Crippen LogP contribution in [0.15, 0.2) is 10.6 Å². The molecule has 5 nitrogen and oxygen atoms in total. The van der Waals surface area contributed by atoms with E-state index >= 15 is 0 Å². The summed E-state index contributed by atoms with van der Waals surface area (Å²) < 4.78 is 5.33. The molecule has 1 amide bonds. The summed E-state index contributed by atoms with van der Waals surface area (Å²) in [6.45, 7) is 5.26. The van der Waals surface area contributed by atoms with Gasteiger partial charge in [-0.15, -0.1) is 0 Å². The molecule has 1 aromatic rings. The lowest BCUT2D eigenvalue weighted by Crippen LogP contribution is -2.46. The Morgan fingerprint density at radius 2 is 2.31 bits per heavy atom. The fraction of sp³-hybridized carbons (Fsp3) is 0.636. The molecule has 2 rings (SSSR count). The first-order chi connectivity index (χ1) is 7.75. The Morgan fingerprint density at radius 1 is 1.56 bits per heavy atom. The van der Waals surface area contributed by atoms with Gasteiger partial charge in [-0.3, -0.25) is 4.79 Å². The van der Waals surface area contributed by atoms with Crippen LogP contribution in [0.3, 0.4) is 0 Å². The van der Waals surface area contributed by atoms with Crippen molar-refractivity contribution in [3.05, 3.63) is 17.8 Å². The van der Waals surface area contributed by atoms with Crippen molar-refractivity contribution in [2.75, 3.05) is 26.2 Å². The highest BCUT2D eigenvalue weighted by Crippen LogP contribution is 2.06. The Morgan fingerprint density at radius 3 is 2.94 bits per heavy atom. The molecule has 0 unspecified atom stereocenters. The quantitative estimate of drug-likeness (QED) is 0.803. The van der Waals surface area contributed by atoms with Gasteiger partial charge in [0.15, 0.2) is 5.89 Å². The smallest absolute Gasteiger partial charge is 0.223 e. The summed E-state index contributed by atoms with van der Waals surface area (Å²) in [5.41, 5.74) is 0. The third-order valence-corrected chi connectivity index (χ3v) is 2.69. The Labute approximate surface area is 94.8 Å². The van der Waals surface area contributed by atoms with Crippen molar-refractivity contribution >= 4 is 5.91 Å². The van der Waals surface area contributed by atoms with E-state index in [1.54, 1.807) is 6.20 Å². The van der Waals surface area contributed by atoms with E-state index in [4.69, 9.17) is 4.42 Å². The lowest BCUT2D eigenvalue weighted by Gasteiger charge is -2.27. The van der Waals surface area contributed by atoms with E-state index in [-0.39, 0.29) is 5.91 Å². The third kappa shape index (κ3) is 2.82. The standard InChI is InChI=1S/C11H17N3O2/c1-9-8-13-10(16-9)2-3-11(15)14-6-4-12-5-7-14/h8,12H,2-7H2,1H3. The molecular formula is C11H17N3O2. The van der Waals surface area contributed by atoms with Crippen molar-refractivity contribution in [3.63, 3.8) is 0 Å². The minimum atomic E-state index is 0.192. The molecule has 0 radical (unpaired) electrons. The van der Waals surface area contributed by atoms with Gasteiger partial charge >= 0.3 is 0 Å². The second-order valence-corrected chi connectivity index (χ2v) is 4.00. The summed E-state index contributed by atoms with van der Waals surface area (Å²) in [5, 5.41) is 3.22. The Hall–Kier alpha value is -1.36. The first-order valence-electron chi connectivity index (χ1n) is 5.65. The Bertz CT molecular complexity index is 356. The predicted molar refractivity (Wildman–Crippen MR) is 59.0 cm³/mol. The number of rotatable bonds is 3. The Kier molecular flexibility index (Phi) is 3.56. The maximum atomic E-state index is 11.8. The molecule has 0 aromatic carbocycles. The van der Waals surface area contributed by atoms with Crippen LogP contribution in [-0.2, 0) is 11.2 Å². The topological polar surface area (TPSA) is 58.4 Å². The first kappa shape index (κ1) is 11.1. The van der Waals surface area contributed by atoms with Gasteiger partial charge in [0.25, 0.3) is 0 Å². The fourth-order valence-electron chi connectivity index (χ4n) is 1.80. The van der Waals surface area contributed by atoms with Gasteiger partial charge in [-0.1, -0.05) is 0 Å². The minimum absolute atomic E-state index is 0.192. The van der Waals surface area contributed by atoms with Crippen molar-refractivity contribution in [1.29, 1.82) is 0 Å². The second kappa shape index (κ2) is 5.12. The van der Waals surface area contributed by atoms with Gasteiger partial charge < -0.3 is 14.6 Å². The number of piperazine rings is 1. The fourth-order valence-corrected chi connectivity index (χ4v) is 1.80. The summed E-state index contributed by atoms with van der Waals surface area (Å²) in [4.78, 5) is 17.8. The number of carbonyl (C=O) groups is 1. The molecule has 0 aliphatic carbocycles. The van der Waals surface area contributed by atoms with Crippen molar-refractivity contribution < 1.29 is 9.21 Å². The van der Waals surface area contributed by atoms with Gasteiger partial charge in [-0.25, -0.2) is 4.98 Å². The Balaban J connectivity index is 1.78. The van der Waals surface area contributed by atoms with Crippen molar-refractivity contribution in [2.24, 2.45) is 0 Å². The van der Waals surface area contributed by atoms with Crippen LogP contribution in [0.4, 0.5) is 0 Å². The summed E-state index contributed by atoms with van der Waals surface area (Å²) in [7, 11) is 0. The van der Waals surface area contributed by atoms with E-state index in [1.807, 2.05) is 11.8 Å². The SMILES string of the molecule is Cc1cnc(CCC(=O)N2CCNCC2)o1. The van der Waals surface area contributed by atoms with Gasteiger partial charge in [0.1, 0.15) is 5.76 Å². The number of aryl methyl sites for hydroxylation is 2. The van der Waals surface area contributed by atoms with E-state index in [2.05, 4.69) is 10.3 Å². The summed E-state index contributed by atoms with van der Waals surface area (Å²) >= 11 is 0. The highest BCUT2D eigenvalue weighted by atomic mass is 16.4. The monoisotopic (exact) mass is 223 g/mol. The zero-order valence-corrected chi connectivity index (χ0v) is 9.53. The summed E-state index contributed by atoms with van der Waals surface area (Å²) in [6.07, 6.45) is 2.77. The molecule has 0 saturated carbocycles. The molecule has 16 heavy (non-hydrogen) atoms. The molecular weight excluding hydrogens is 206 g/mol. The molecule has 1 aliphatic rings. The minimum Gasteiger partial charge on any atom is -0.446 e. The number of aromatic nitrogens is 1. The second-order valence-electron chi connectivity index (χ2n) is 4.00. The molecule has 0 spiro atoms. The summed E-state index contributed by atoms with van der Waals surface area (Å²) in [5.74, 6) is 1.64. The van der Waals surface area contributed by atoms with Gasteiger partial charge in [-0.2, -0.15) is 0 Å². The number of oxazole rings is 1. The lowest BCUT2D eigenvalue weighted by atomic mass is 10.2. The van der Waals surface area contributed by atoms with E-state index in [1.165, 1.54) is 0 Å². The van der Waals surface area contributed by atoms with Crippen LogP contribution in [0.25, 0.3) is 0 Å². The first-order valence-corrected chi connectivity index (χ1v) is 5.65. The molecule has 0 bridgehead atoms. The highest BCUT2D eigenvalue weighted by Gasteiger charge is 2.16. The van der Waals surface area contributed by atoms with Crippen LogP contribution < -0.4 is 5.32 Å². The van der Waals surface area contributed by atoms with Crippen LogP contribution in [0.1, 0.15) is 18.1 Å². The largest absolute Gasteiger partial charge is 0.446 e. The molecule has 1 aliphatic heterocycles. The zero-order chi connectivity index (χ0) is 11.4. The molecule has 1 fully saturated rings. The number of carbonyl (C=O) groups excluding carboxylic acids is 1. The van der Waals surface area contributed by atoms with E-state index in [0.29, 0.717) is 18.7 Å². The molecule has 1 N–H and O–H groups in total. The van der Waals surface area contributed by atoms with Crippen LogP contribution in [0, 0.1) is 6.92 Å². The molecule has 2 heterocycles. The van der Waals surface area contributed by atoms with Crippen LogP contribution in [0.2, 0.25) is 0 Å². The number of nitrogens with one attached hydrogen (secondary N) is 1. The van der Waals surface area contributed by atoms with Crippen molar-refractivity contribution in [1.82, 2.24) is 15.2 Å². The summed E-state index contributed by atoms with van der Waals surface area (Å²) in [6, 6.07) is 0. The van der Waals surface area contributed by atoms with Crippen LogP contribution >= 0.6 is 0 Å². The van der Waals surface area contributed by atoms with Crippen molar-refractivity contribution in [2.45, 2.75) is 19.8 Å². The van der Waals surface area contributed by atoms with Crippen LogP contribution in [0.5, 0.6) is 0 Å². The number of hydrogen-bond donors (Lipinski definition) is 1. The number of hydrogen-bond acceptors (Lipinski definition) is 4. The molecule has 1 aromatic heterocycles. The lowest BCUT2D eigenvalue weighted by molar-refractivity contribution is -0.131. The molecule has 5 heteroatoms. The zero-order valence-electron chi connectivity index (χ0n) is 9.53. The van der Waals surface area contributed by atoms with E-state index in [0.717, 1.165) is 31.9 Å². The normalized spacial score (nSPS) is 16.4. The number of nitrogens with zero attached hydrogens (tertiary/aromatic N) is 2. The predicted octanol–water partition coefficient (Wildman–Crippen LogP) is 0.347. The van der Waals surface area contributed by atoms with Gasteiger partial charge in [0.05, 0.1) is 6.20 Å². The maximum absolute atomic E-state index is 11.8. The number of amides is 1. The maximum Gasteiger partial charge on any atom is 0.223 e. The van der Waals surface area contributed by atoms with Crippen LogP contribution in [-0.4, -0.2) is 42.0 Å². The van der Waals surface area contributed by atoms with Gasteiger partial charge in [0, 0.05) is 39.0 Å². The molecule has 0 atom stereocenters. The third-order valence-electron chi connectivity index (χ3n) is 2.69. The van der Waals surface area contributed by atoms with Gasteiger partial charge in [0.2, 0.25) is 5.91 Å². The highest BCUT2D eigenvalue weighted by molar-refractivity contribution is 5.76. The molecule has 88 valence electrons. The molecule has 1 saturated heterocycles. The van der Waals surface area contributed by atoms with E-state index in [9.17, 15) is 4.79 Å². The average Bonchev–Trinajstić information content (AvgIpc) is 2.73. The van der Waals surface area contributed by atoms with E-state index < -0.39 is 0 Å².